The van der Waals surface area contributed by atoms with Crippen molar-refractivity contribution in [2.24, 2.45) is 0 Å². The molecule has 0 aliphatic carbocycles. The van der Waals surface area contributed by atoms with Crippen LogP contribution in [0.3, 0.4) is 0 Å². The van der Waals surface area contributed by atoms with Gasteiger partial charge in [-0.3, -0.25) is 4.79 Å². The number of fused-ring (bicyclic) bond motifs is 1. The van der Waals surface area contributed by atoms with Gasteiger partial charge in [0.1, 0.15) is 11.4 Å². The zero-order valence-electron chi connectivity index (χ0n) is 16.5. The minimum Gasteiger partial charge on any atom is -0.490 e. The Morgan fingerprint density at radius 2 is 2.00 bits per heavy atom. The minimum absolute atomic E-state index is 0.147. The highest BCUT2D eigenvalue weighted by Gasteiger charge is 2.18. The summed E-state index contributed by atoms with van der Waals surface area (Å²) in [6, 6.07) is 7.27. The molecule has 0 fully saturated rings. The highest BCUT2D eigenvalue weighted by Crippen LogP contribution is 2.31. The van der Waals surface area contributed by atoms with E-state index in [2.05, 4.69) is 10.6 Å². The molecular formula is C20H28N2O5. The molecule has 1 heterocycles. The van der Waals surface area contributed by atoms with E-state index in [0.717, 1.165) is 5.39 Å². The van der Waals surface area contributed by atoms with Crippen LogP contribution in [0.4, 0.5) is 4.79 Å². The fraction of sp³-hybridized carbons (Fsp3) is 0.500. The third-order valence-electron chi connectivity index (χ3n) is 3.65. The van der Waals surface area contributed by atoms with Gasteiger partial charge in [-0.1, -0.05) is 12.1 Å². The van der Waals surface area contributed by atoms with Gasteiger partial charge in [-0.25, -0.2) is 4.79 Å². The molecule has 0 aliphatic heterocycles. The number of hydrogen-bond acceptors (Lipinski definition) is 5. The SMILES string of the molecule is CCOc1cccc2cc(C(C)NC(=O)CCNC(=O)OC(C)(C)C)oc12. The Balaban J connectivity index is 1.88. The molecule has 0 bridgehead atoms. The van der Waals surface area contributed by atoms with Gasteiger partial charge in [0.15, 0.2) is 11.3 Å². The molecular weight excluding hydrogens is 348 g/mol. The van der Waals surface area contributed by atoms with Gasteiger partial charge in [-0.2, -0.15) is 0 Å². The number of nitrogens with one attached hydrogen (secondary N) is 2. The Morgan fingerprint density at radius 3 is 2.67 bits per heavy atom. The summed E-state index contributed by atoms with van der Waals surface area (Å²) in [7, 11) is 0. The maximum atomic E-state index is 12.1. The van der Waals surface area contributed by atoms with Crippen LogP contribution in [0.15, 0.2) is 28.7 Å². The zero-order chi connectivity index (χ0) is 20.0. The predicted octanol–water partition coefficient (Wildman–Crippen LogP) is 3.92. The molecule has 7 nitrogen and oxygen atoms in total. The largest absolute Gasteiger partial charge is 0.490 e. The molecule has 0 aliphatic rings. The average molecular weight is 376 g/mol. The first kappa shape index (κ1) is 20.6. The number of ether oxygens (including phenoxy) is 2. The first-order valence-electron chi connectivity index (χ1n) is 9.11. The van der Waals surface area contributed by atoms with Gasteiger partial charge in [-0.15, -0.1) is 0 Å². The summed E-state index contributed by atoms with van der Waals surface area (Å²) in [6.07, 6.45) is -0.391. The highest BCUT2D eigenvalue weighted by atomic mass is 16.6. The highest BCUT2D eigenvalue weighted by molar-refractivity contribution is 5.84. The lowest BCUT2D eigenvalue weighted by Gasteiger charge is -2.19. The molecule has 2 N–H and O–H groups in total. The lowest BCUT2D eigenvalue weighted by molar-refractivity contribution is -0.121. The average Bonchev–Trinajstić information content (AvgIpc) is 2.98. The van der Waals surface area contributed by atoms with Crippen molar-refractivity contribution in [1.82, 2.24) is 10.6 Å². The monoisotopic (exact) mass is 376 g/mol. The van der Waals surface area contributed by atoms with Crippen molar-refractivity contribution in [2.75, 3.05) is 13.2 Å². The Bertz CT molecular complexity index is 791. The lowest BCUT2D eigenvalue weighted by atomic mass is 10.2. The fourth-order valence-corrected chi connectivity index (χ4v) is 2.52. The van der Waals surface area contributed by atoms with Crippen molar-refractivity contribution >= 4 is 23.0 Å². The van der Waals surface area contributed by atoms with E-state index in [9.17, 15) is 9.59 Å². The third-order valence-corrected chi connectivity index (χ3v) is 3.65. The van der Waals surface area contributed by atoms with E-state index >= 15 is 0 Å². The topological polar surface area (TPSA) is 89.8 Å². The molecule has 2 amide bonds. The van der Waals surface area contributed by atoms with Crippen LogP contribution in [-0.2, 0) is 9.53 Å². The summed E-state index contributed by atoms with van der Waals surface area (Å²) in [5.41, 5.74) is 0.102. The van der Waals surface area contributed by atoms with Gasteiger partial charge in [0, 0.05) is 18.4 Å². The van der Waals surface area contributed by atoms with Crippen LogP contribution in [0.5, 0.6) is 5.75 Å². The fourth-order valence-electron chi connectivity index (χ4n) is 2.52. The van der Waals surface area contributed by atoms with Crippen molar-refractivity contribution < 1.29 is 23.5 Å². The standard InChI is InChI=1S/C20H28N2O5/c1-6-25-15-9-7-8-14-12-16(26-18(14)15)13(2)22-17(23)10-11-21-19(24)27-20(3,4)5/h7-9,12-13H,6,10-11H2,1-5H3,(H,21,24)(H,22,23). The molecule has 1 unspecified atom stereocenters. The summed E-state index contributed by atoms with van der Waals surface area (Å²) in [5, 5.41) is 6.35. The number of alkyl carbamates (subject to hydrolysis) is 1. The Hall–Kier alpha value is -2.70. The Kier molecular flexibility index (Phi) is 6.71. The summed E-state index contributed by atoms with van der Waals surface area (Å²) >= 11 is 0. The number of para-hydroxylation sites is 1. The molecule has 0 saturated heterocycles. The van der Waals surface area contributed by atoms with E-state index in [-0.39, 0.29) is 24.9 Å². The number of benzene rings is 1. The molecule has 27 heavy (non-hydrogen) atoms. The second-order valence-corrected chi connectivity index (χ2v) is 7.22. The van der Waals surface area contributed by atoms with Crippen molar-refractivity contribution in [3.8, 4) is 5.75 Å². The maximum Gasteiger partial charge on any atom is 0.407 e. The number of amides is 2. The minimum atomic E-state index is -0.567. The molecule has 2 rings (SSSR count). The summed E-state index contributed by atoms with van der Waals surface area (Å²) < 4.78 is 16.6. The van der Waals surface area contributed by atoms with Crippen LogP contribution in [0.25, 0.3) is 11.0 Å². The molecule has 2 aromatic rings. The number of carbonyl (C=O) groups excluding carboxylic acids is 2. The second-order valence-electron chi connectivity index (χ2n) is 7.22. The van der Waals surface area contributed by atoms with Crippen LogP contribution in [0.1, 0.15) is 52.8 Å². The molecule has 7 heteroatoms. The van der Waals surface area contributed by atoms with Gasteiger partial charge in [0.25, 0.3) is 0 Å². The Labute approximate surface area is 159 Å². The van der Waals surface area contributed by atoms with E-state index in [1.165, 1.54) is 0 Å². The molecule has 148 valence electrons. The molecule has 1 aromatic carbocycles. The normalized spacial score (nSPS) is 12.5. The van der Waals surface area contributed by atoms with Gasteiger partial charge in [0.2, 0.25) is 5.91 Å². The quantitative estimate of drug-likeness (QED) is 0.764. The van der Waals surface area contributed by atoms with E-state index in [1.807, 2.05) is 38.1 Å². The second kappa shape index (κ2) is 8.79. The van der Waals surface area contributed by atoms with E-state index in [4.69, 9.17) is 13.9 Å². The number of rotatable bonds is 7. The van der Waals surface area contributed by atoms with Crippen LogP contribution in [-0.4, -0.2) is 30.8 Å². The number of carbonyl (C=O) groups is 2. The van der Waals surface area contributed by atoms with Crippen LogP contribution >= 0.6 is 0 Å². The van der Waals surface area contributed by atoms with Crippen molar-refractivity contribution in [1.29, 1.82) is 0 Å². The van der Waals surface area contributed by atoms with Crippen LogP contribution in [0.2, 0.25) is 0 Å². The summed E-state index contributed by atoms with van der Waals surface area (Å²) in [5.74, 6) is 1.14. The van der Waals surface area contributed by atoms with E-state index in [0.29, 0.717) is 23.7 Å². The summed E-state index contributed by atoms with van der Waals surface area (Å²) in [6.45, 7) is 9.85. The van der Waals surface area contributed by atoms with Gasteiger partial charge >= 0.3 is 6.09 Å². The van der Waals surface area contributed by atoms with Crippen molar-refractivity contribution in [3.05, 3.63) is 30.0 Å². The van der Waals surface area contributed by atoms with Gasteiger partial charge < -0.3 is 24.5 Å². The van der Waals surface area contributed by atoms with Crippen LogP contribution < -0.4 is 15.4 Å². The van der Waals surface area contributed by atoms with Gasteiger partial charge in [-0.05, 0) is 46.8 Å². The number of furan rings is 1. The predicted molar refractivity (Wildman–Crippen MR) is 103 cm³/mol. The third kappa shape index (κ3) is 6.20. The maximum absolute atomic E-state index is 12.1. The first-order valence-corrected chi connectivity index (χ1v) is 9.11. The van der Waals surface area contributed by atoms with Crippen molar-refractivity contribution in [2.45, 2.75) is 52.7 Å². The molecule has 1 atom stereocenters. The van der Waals surface area contributed by atoms with Gasteiger partial charge in [0.05, 0.1) is 12.6 Å². The van der Waals surface area contributed by atoms with Crippen LogP contribution in [0, 0.1) is 0 Å². The number of hydrogen-bond donors (Lipinski definition) is 2. The molecule has 0 saturated carbocycles. The Morgan fingerprint density at radius 1 is 1.26 bits per heavy atom. The van der Waals surface area contributed by atoms with E-state index < -0.39 is 11.7 Å². The molecule has 1 aromatic heterocycles. The summed E-state index contributed by atoms with van der Waals surface area (Å²) in [4.78, 5) is 23.7. The molecule has 0 spiro atoms. The first-order chi connectivity index (χ1) is 12.7. The molecule has 0 radical (unpaired) electrons. The van der Waals surface area contributed by atoms with E-state index in [1.54, 1.807) is 20.8 Å². The van der Waals surface area contributed by atoms with Crippen molar-refractivity contribution in [3.63, 3.8) is 0 Å². The zero-order valence-corrected chi connectivity index (χ0v) is 16.5. The lowest BCUT2D eigenvalue weighted by Crippen LogP contribution is -2.35. The smallest absolute Gasteiger partial charge is 0.407 e.